The summed E-state index contributed by atoms with van der Waals surface area (Å²) in [6.45, 7) is 5.78. The fourth-order valence-corrected chi connectivity index (χ4v) is 4.04. The zero-order valence-corrected chi connectivity index (χ0v) is 13.0. The van der Waals surface area contributed by atoms with Crippen LogP contribution in [0.2, 0.25) is 0 Å². The summed E-state index contributed by atoms with van der Waals surface area (Å²) >= 11 is 0. The summed E-state index contributed by atoms with van der Waals surface area (Å²) in [6, 6.07) is 4.41. The monoisotopic (exact) mass is 298 g/mol. The Morgan fingerprint density at radius 2 is 1.80 bits per heavy atom. The van der Waals surface area contributed by atoms with Crippen LogP contribution in [0.3, 0.4) is 0 Å². The molecule has 1 N–H and O–H groups in total. The molecule has 1 aromatic carbocycles. The topological polar surface area (TPSA) is 71.4 Å². The molecule has 0 amide bonds. The van der Waals surface area contributed by atoms with E-state index in [2.05, 4.69) is 0 Å². The van der Waals surface area contributed by atoms with Crippen LogP contribution in [0.5, 0.6) is 0 Å². The highest BCUT2D eigenvalue weighted by Gasteiger charge is 2.21. The zero-order chi connectivity index (χ0) is 15.3. The van der Waals surface area contributed by atoms with Gasteiger partial charge in [0.2, 0.25) is 0 Å². The van der Waals surface area contributed by atoms with Crippen molar-refractivity contribution in [2.24, 2.45) is 5.92 Å². The van der Waals surface area contributed by atoms with Gasteiger partial charge >= 0.3 is 5.97 Å². The van der Waals surface area contributed by atoms with Crippen LogP contribution in [0.15, 0.2) is 23.1 Å². The van der Waals surface area contributed by atoms with Crippen LogP contribution in [0, 0.1) is 5.92 Å². The van der Waals surface area contributed by atoms with Gasteiger partial charge in [-0.05, 0) is 30.0 Å². The first-order valence-electron chi connectivity index (χ1n) is 6.94. The maximum Gasteiger partial charge on any atom is 0.336 e. The first-order chi connectivity index (χ1) is 9.35. The number of carboxylic acids is 1. The van der Waals surface area contributed by atoms with Gasteiger partial charge in [0.25, 0.3) is 0 Å². The molecule has 0 saturated carbocycles. The Balaban J connectivity index is 3.19. The highest BCUT2D eigenvalue weighted by atomic mass is 32.2. The lowest BCUT2D eigenvalue weighted by atomic mass is 10.1. The van der Waals surface area contributed by atoms with Crippen molar-refractivity contribution >= 4 is 15.8 Å². The Hall–Kier alpha value is -1.36. The molecule has 5 heteroatoms. The summed E-state index contributed by atoms with van der Waals surface area (Å²) < 4.78 is 24.7. The molecule has 0 unspecified atom stereocenters. The van der Waals surface area contributed by atoms with Crippen molar-refractivity contribution in [1.29, 1.82) is 0 Å². The van der Waals surface area contributed by atoms with Gasteiger partial charge in [0.15, 0.2) is 9.84 Å². The minimum atomic E-state index is -3.43. The Kier molecular flexibility index (Phi) is 5.74. The first-order valence-corrected chi connectivity index (χ1v) is 8.59. The molecular formula is C15H22O4S. The lowest BCUT2D eigenvalue weighted by molar-refractivity contribution is 0.0695. The Bertz CT molecular complexity index is 572. The van der Waals surface area contributed by atoms with Crippen molar-refractivity contribution in [2.45, 2.75) is 44.9 Å². The molecule has 4 nitrogen and oxygen atoms in total. The predicted octanol–water partition coefficient (Wildman–Crippen LogP) is 3.16. The van der Waals surface area contributed by atoms with Crippen molar-refractivity contribution in [3.05, 3.63) is 29.3 Å². The molecule has 20 heavy (non-hydrogen) atoms. The van der Waals surface area contributed by atoms with Gasteiger partial charge in [-0.1, -0.05) is 39.7 Å². The summed E-state index contributed by atoms with van der Waals surface area (Å²) in [6.07, 6.45) is 2.16. The van der Waals surface area contributed by atoms with E-state index in [1.54, 1.807) is 6.07 Å². The van der Waals surface area contributed by atoms with E-state index in [1.807, 2.05) is 20.8 Å². The van der Waals surface area contributed by atoms with Crippen molar-refractivity contribution in [1.82, 2.24) is 0 Å². The third-order valence-electron chi connectivity index (χ3n) is 3.66. The summed E-state index contributed by atoms with van der Waals surface area (Å²) in [5, 5.41) is 9.17. The number of rotatable bonds is 7. The standard InChI is InChI=1S/C15H22O4S/c1-4-11(5-2)10-20(18,19)13-8-7-12(6-3)14(9-13)15(16)17/h7-9,11H,4-6,10H2,1-3H3,(H,16,17). The van der Waals surface area contributed by atoms with Crippen LogP contribution >= 0.6 is 0 Å². The van der Waals surface area contributed by atoms with Gasteiger partial charge in [-0.25, -0.2) is 13.2 Å². The molecule has 0 radical (unpaired) electrons. The molecule has 0 aromatic heterocycles. The summed E-state index contributed by atoms with van der Waals surface area (Å²) in [5.41, 5.74) is 0.733. The Morgan fingerprint density at radius 1 is 1.20 bits per heavy atom. The molecule has 0 aliphatic rings. The van der Waals surface area contributed by atoms with Crippen LogP contribution in [-0.2, 0) is 16.3 Å². The molecule has 1 rings (SSSR count). The van der Waals surface area contributed by atoms with E-state index in [1.165, 1.54) is 12.1 Å². The van der Waals surface area contributed by atoms with Crippen molar-refractivity contribution in [3.8, 4) is 0 Å². The largest absolute Gasteiger partial charge is 0.478 e. The minimum absolute atomic E-state index is 0.0739. The number of hydrogen-bond acceptors (Lipinski definition) is 3. The first kappa shape index (κ1) is 16.7. The molecule has 0 bridgehead atoms. The lowest BCUT2D eigenvalue weighted by Crippen LogP contribution is -2.16. The number of benzene rings is 1. The van der Waals surface area contributed by atoms with Gasteiger partial charge < -0.3 is 5.11 Å². The predicted molar refractivity (Wildman–Crippen MR) is 78.9 cm³/mol. The maximum atomic E-state index is 12.3. The van der Waals surface area contributed by atoms with Gasteiger partial charge in [-0.15, -0.1) is 0 Å². The second-order valence-electron chi connectivity index (χ2n) is 4.94. The summed E-state index contributed by atoms with van der Waals surface area (Å²) in [4.78, 5) is 11.3. The van der Waals surface area contributed by atoms with E-state index in [9.17, 15) is 13.2 Å². The van der Waals surface area contributed by atoms with E-state index in [-0.39, 0.29) is 22.1 Å². The lowest BCUT2D eigenvalue weighted by Gasteiger charge is -2.13. The molecule has 0 spiro atoms. The number of hydrogen-bond donors (Lipinski definition) is 1. The summed E-state index contributed by atoms with van der Waals surface area (Å²) in [5.74, 6) is -0.898. The molecule has 1 aromatic rings. The SMILES string of the molecule is CCc1ccc(S(=O)(=O)CC(CC)CC)cc1C(=O)O. The van der Waals surface area contributed by atoms with Gasteiger partial charge in [0.05, 0.1) is 16.2 Å². The van der Waals surface area contributed by atoms with Crippen LogP contribution in [-0.4, -0.2) is 25.2 Å². The fourth-order valence-electron chi connectivity index (χ4n) is 2.19. The molecule has 0 heterocycles. The van der Waals surface area contributed by atoms with Gasteiger partial charge in [0.1, 0.15) is 0 Å². The minimum Gasteiger partial charge on any atom is -0.478 e. The molecule has 0 fully saturated rings. The quantitative estimate of drug-likeness (QED) is 0.839. The zero-order valence-electron chi connectivity index (χ0n) is 12.2. The highest BCUT2D eigenvalue weighted by Crippen LogP contribution is 2.21. The van der Waals surface area contributed by atoms with Crippen LogP contribution in [0.1, 0.15) is 49.5 Å². The van der Waals surface area contributed by atoms with Crippen LogP contribution in [0.25, 0.3) is 0 Å². The van der Waals surface area contributed by atoms with Crippen molar-refractivity contribution in [3.63, 3.8) is 0 Å². The Morgan fingerprint density at radius 3 is 2.25 bits per heavy atom. The van der Waals surface area contributed by atoms with E-state index in [0.29, 0.717) is 12.0 Å². The molecule has 112 valence electrons. The number of carbonyl (C=O) groups is 1. The number of carboxylic acid groups (broad SMARTS) is 1. The molecule has 0 aliphatic carbocycles. The van der Waals surface area contributed by atoms with E-state index < -0.39 is 15.8 Å². The number of sulfone groups is 1. The van der Waals surface area contributed by atoms with Gasteiger partial charge in [-0.3, -0.25) is 0 Å². The van der Waals surface area contributed by atoms with Crippen LogP contribution in [0.4, 0.5) is 0 Å². The van der Waals surface area contributed by atoms with E-state index >= 15 is 0 Å². The van der Waals surface area contributed by atoms with E-state index in [4.69, 9.17) is 5.11 Å². The van der Waals surface area contributed by atoms with Crippen LogP contribution < -0.4 is 0 Å². The smallest absolute Gasteiger partial charge is 0.336 e. The van der Waals surface area contributed by atoms with Crippen molar-refractivity contribution < 1.29 is 18.3 Å². The maximum absolute atomic E-state index is 12.3. The van der Waals surface area contributed by atoms with Gasteiger partial charge in [0, 0.05) is 0 Å². The molecule has 0 aliphatic heterocycles. The molecule has 0 saturated heterocycles. The second-order valence-corrected chi connectivity index (χ2v) is 6.98. The third kappa shape index (κ3) is 3.82. The summed E-state index contributed by atoms with van der Waals surface area (Å²) in [7, 11) is -3.43. The number of aromatic carboxylic acids is 1. The van der Waals surface area contributed by atoms with Crippen molar-refractivity contribution in [2.75, 3.05) is 5.75 Å². The average Bonchev–Trinajstić information content (AvgIpc) is 2.43. The fraction of sp³-hybridized carbons (Fsp3) is 0.533. The Labute approximate surface area is 120 Å². The normalized spacial score (nSPS) is 11.8. The van der Waals surface area contributed by atoms with E-state index in [0.717, 1.165) is 12.8 Å². The highest BCUT2D eigenvalue weighted by molar-refractivity contribution is 7.91. The average molecular weight is 298 g/mol. The van der Waals surface area contributed by atoms with Gasteiger partial charge in [-0.2, -0.15) is 0 Å². The molecular weight excluding hydrogens is 276 g/mol. The number of aryl methyl sites for hydroxylation is 1. The molecule has 0 atom stereocenters. The second kappa shape index (κ2) is 6.88. The third-order valence-corrected chi connectivity index (χ3v) is 5.54.